The molecule has 0 heterocycles. The van der Waals surface area contributed by atoms with Crippen molar-refractivity contribution in [3.05, 3.63) is 65.7 Å². The Morgan fingerprint density at radius 1 is 0.964 bits per heavy atom. The van der Waals surface area contributed by atoms with E-state index in [1.165, 1.54) is 12.7 Å². The molecule has 0 radical (unpaired) electrons. The number of rotatable bonds is 11. The molecule has 1 unspecified atom stereocenters. The smallest absolute Gasteiger partial charge is 0.305 e. The van der Waals surface area contributed by atoms with Crippen LogP contribution in [0.4, 0.5) is 5.69 Å². The number of aryl methyl sites for hydroxylation is 1. The zero-order valence-electron chi connectivity index (χ0n) is 16.6. The number of methoxy groups -OCH3 is 1. The summed E-state index contributed by atoms with van der Waals surface area (Å²) in [6, 6.07) is 17.5. The lowest BCUT2D eigenvalue weighted by Gasteiger charge is -2.18. The molecule has 2 aromatic rings. The van der Waals surface area contributed by atoms with Crippen molar-refractivity contribution in [1.29, 1.82) is 0 Å². The monoisotopic (exact) mass is 383 g/mol. The zero-order chi connectivity index (χ0) is 20.2. The lowest BCUT2D eigenvalue weighted by Crippen LogP contribution is -2.30. The molecule has 0 spiro atoms. The van der Waals surface area contributed by atoms with E-state index in [9.17, 15) is 9.59 Å². The van der Waals surface area contributed by atoms with E-state index in [4.69, 9.17) is 4.74 Å². The van der Waals surface area contributed by atoms with E-state index in [2.05, 4.69) is 10.1 Å². The van der Waals surface area contributed by atoms with Gasteiger partial charge in [0, 0.05) is 12.1 Å². The van der Waals surface area contributed by atoms with Gasteiger partial charge in [-0.15, -0.1) is 0 Å². The van der Waals surface area contributed by atoms with Crippen LogP contribution < -0.4 is 5.32 Å². The summed E-state index contributed by atoms with van der Waals surface area (Å²) in [6.07, 6.45) is 2.86. The highest BCUT2D eigenvalue weighted by Crippen LogP contribution is 2.15. The Morgan fingerprint density at radius 3 is 2.36 bits per heavy atom. The minimum absolute atomic E-state index is 0.147. The van der Waals surface area contributed by atoms with Crippen molar-refractivity contribution in [1.82, 2.24) is 0 Å². The van der Waals surface area contributed by atoms with Crippen molar-refractivity contribution < 1.29 is 19.1 Å². The van der Waals surface area contributed by atoms with Crippen LogP contribution in [-0.2, 0) is 25.7 Å². The average molecular weight is 383 g/mol. The van der Waals surface area contributed by atoms with E-state index in [0.29, 0.717) is 19.4 Å². The van der Waals surface area contributed by atoms with Crippen molar-refractivity contribution in [3.8, 4) is 0 Å². The van der Waals surface area contributed by atoms with Crippen molar-refractivity contribution in [2.24, 2.45) is 0 Å². The second-order valence-corrected chi connectivity index (χ2v) is 6.82. The fourth-order valence-corrected chi connectivity index (χ4v) is 2.79. The minimum atomic E-state index is -0.542. The molecule has 2 aromatic carbocycles. The van der Waals surface area contributed by atoms with E-state index in [0.717, 1.165) is 30.5 Å². The normalized spacial score (nSPS) is 11.6. The van der Waals surface area contributed by atoms with Gasteiger partial charge in [-0.3, -0.25) is 9.59 Å². The van der Waals surface area contributed by atoms with Crippen LogP contribution in [0.3, 0.4) is 0 Å². The van der Waals surface area contributed by atoms with Crippen LogP contribution in [0.1, 0.15) is 43.2 Å². The maximum atomic E-state index is 12.7. The summed E-state index contributed by atoms with van der Waals surface area (Å²) < 4.78 is 10.6. The van der Waals surface area contributed by atoms with Crippen molar-refractivity contribution in [2.45, 2.75) is 51.7 Å². The number of hydrogen-bond acceptors (Lipinski definition) is 4. The Balaban J connectivity index is 1.88. The highest BCUT2D eigenvalue weighted by molar-refractivity contribution is 5.94. The lowest BCUT2D eigenvalue weighted by atomic mass is 10.1. The first-order valence-corrected chi connectivity index (χ1v) is 9.68. The van der Waals surface area contributed by atoms with Crippen LogP contribution in [0, 0.1) is 6.92 Å². The number of carbonyl (C=O) groups is 2. The molecule has 0 saturated carbocycles. The molecule has 1 atom stereocenters. The molecule has 5 heteroatoms. The molecule has 0 aliphatic carbocycles. The van der Waals surface area contributed by atoms with Gasteiger partial charge in [0.2, 0.25) is 0 Å². The summed E-state index contributed by atoms with van der Waals surface area (Å²) in [5.41, 5.74) is 2.98. The van der Waals surface area contributed by atoms with Gasteiger partial charge in [0.25, 0.3) is 5.91 Å². The molecule has 0 aliphatic rings. The number of benzene rings is 2. The second kappa shape index (κ2) is 11.9. The summed E-state index contributed by atoms with van der Waals surface area (Å²) >= 11 is 0. The Bertz CT molecular complexity index is 728. The Morgan fingerprint density at radius 2 is 1.68 bits per heavy atom. The summed E-state index contributed by atoms with van der Waals surface area (Å²) in [5, 5.41) is 2.92. The number of unbranched alkanes of at least 4 members (excludes halogenated alkanes) is 2. The number of ether oxygens (including phenoxy) is 2. The van der Waals surface area contributed by atoms with E-state index < -0.39 is 6.10 Å². The van der Waals surface area contributed by atoms with Crippen LogP contribution in [0.15, 0.2) is 54.6 Å². The van der Waals surface area contributed by atoms with Gasteiger partial charge < -0.3 is 14.8 Å². The van der Waals surface area contributed by atoms with Gasteiger partial charge >= 0.3 is 5.97 Å². The number of nitrogens with one attached hydrogen (secondary N) is 1. The lowest BCUT2D eigenvalue weighted by molar-refractivity contribution is -0.140. The molecule has 28 heavy (non-hydrogen) atoms. The topological polar surface area (TPSA) is 64.6 Å². The van der Waals surface area contributed by atoms with Gasteiger partial charge in [0.05, 0.1) is 13.7 Å². The van der Waals surface area contributed by atoms with Crippen LogP contribution in [0.5, 0.6) is 0 Å². The largest absolute Gasteiger partial charge is 0.469 e. The van der Waals surface area contributed by atoms with Gasteiger partial charge in [-0.1, -0.05) is 60.9 Å². The number of amides is 1. The molecule has 0 aromatic heterocycles. The minimum Gasteiger partial charge on any atom is -0.469 e. The Kier molecular flexibility index (Phi) is 9.22. The number of para-hydroxylation sites is 1. The molecule has 150 valence electrons. The molecule has 1 N–H and O–H groups in total. The fourth-order valence-electron chi connectivity index (χ4n) is 2.79. The maximum absolute atomic E-state index is 12.7. The van der Waals surface area contributed by atoms with Crippen LogP contribution in [-0.4, -0.2) is 25.1 Å². The van der Waals surface area contributed by atoms with Crippen LogP contribution >= 0.6 is 0 Å². The number of esters is 1. The predicted molar refractivity (Wildman–Crippen MR) is 110 cm³/mol. The highest BCUT2D eigenvalue weighted by Gasteiger charge is 2.19. The van der Waals surface area contributed by atoms with E-state index >= 15 is 0 Å². The molecular formula is C23H29NO4. The first kappa shape index (κ1) is 21.6. The molecular weight excluding hydrogens is 354 g/mol. The second-order valence-electron chi connectivity index (χ2n) is 6.82. The van der Waals surface area contributed by atoms with E-state index in [1.54, 1.807) is 0 Å². The molecule has 1 amide bonds. The van der Waals surface area contributed by atoms with Gasteiger partial charge in [0.15, 0.2) is 0 Å². The average Bonchev–Trinajstić information content (AvgIpc) is 2.71. The summed E-state index contributed by atoms with van der Waals surface area (Å²) in [7, 11) is 1.39. The fraction of sp³-hybridized carbons (Fsp3) is 0.391. The zero-order valence-corrected chi connectivity index (χ0v) is 16.6. The highest BCUT2D eigenvalue weighted by atomic mass is 16.5. The quantitative estimate of drug-likeness (QED) is 0.453. The Labute approximate surface area is 167 Å². The number of carbonyl (C=O) groups excluding carboxylic acids is 2. The standard InChI is InChI=1S/C23H29NO4/c1-18-13-15-19(16-14-18)17-28-21(11-7-4-8-12-22(25)27-2)23(26)24-20-9-5-3-6-10-20/h3,5-6,9-10,13-16,21H,4,7-8,11-12,17H2,1-2H3,(H,24,26). The van der Waals surface area contributed by atoms with Gasteiger partial charge in [0.1, 0.15) is 6.10 Å². The number of anilines is 1. The first-order valence-electron chi connectivity index (χ1n) is 9.68. The van der Waals surface area contributed by atoms with E-state index in [1.807, 2.05) is 61.5 Å². The number of hydrogen-bond donors (Lipinski definition) is 1. The molecule has 0 saturated heterocycles. The van der Waals surface area contributed by atoms with Crippen molar-refractivity contribution in [2.75, 3.05) is 12.4 Å². The molecule has 2 rings (SSSR count). The molecule has 0 aliphatic heterocycles. The maximum Gasteiger partial charge on any atom is 0.305 e. The predicted octanol–water partition coefficient (Wildman–Crippen LogP) is 4.64. The third-order valence-electron chi connectivity index (χ3n) is 4.48. The van der Waals surface area contributed by atoms with Gasteiger partial charge in [-0.25, -0.2) is 0 Å². The third kappa shape index (κ3) is 7.92. The molecule has 5 nitrogen and oxygen atoms in total. The summed E-state index contributed by atoms with van der Waals surface area (Å²) in [4.78, 5) is 23.9. The molecule has 0 fully saturated rings. The summed E-state index contributed by atoms with van der Waals surface area (Å²) in [5.74, 6) is -0.347. The van der Waals surface area contributed by atoms with E-state index in [-0.39, 0.29) is 11.9 Å². The third-order valence-corrected chi connectivity index (χ3v) is 4.48. The van der Waals surface area contributed by atoms with Crippen LogP contribution in [0.25, 0.3) is 0 Å². The summed E-state index contributed by atoms with van der Waals surface area (Å²) in [6.45, 7) is 2.42. The van der Waals surface area contributed by atoms with Crippen LogP contribution in [0.2, 0.25) is 0 Å². The molecule has 0 bridgehead atoms. The first-order chi connectivity index (χ1) is 13.6. The van der Waals surface area contributed by atoms with Gasteiger partial charge in [-0.05, 0) is 37.5 Å². The van der Waals surface area contributed by atoms with Gasteiger partial charge in [-0.2, -0.15) is 0 Å². The SMILES string of the molecule is COC(=O)CCCCCC(OCc1ccc(C)cc1)C(=O)Nc1ccccc1. The Hall–Kier alpha value is -2.66. The van der Waals surface area contributed by atoms with Crippen molar-refractivity contribution in [3.63, 3.8) is 0 Å². The van der Waals surface area contributed by atoms with Crippen molar-refractivity contribution >= 4 is 17.6 Å².